The van der Waals surface area contributed by atoms with Crippen molar-refractivity contribution in [3.05, 3.63) is 169 Å². The van der Waals surface area contributed by atoms with Crippen LogP contribution in [0.1, 0.15) is 30.5 Å². The number of hydrogen-bond acceptors (Lipinski definition) is 1. The Morgan fingerprint density at radius 1 is 0.569 bits per heavy atom. The Bertz CT molecular complexity index is 3630. The molecular formula is C49H32N2. The molecule has 10 aromatic rings. The van der Waals surface area contributed by atoms with Crippen LogP contribution in [0.3, 0.4) is 0 Å². The minimum atomic E-state index is -3.02. The molecule has 1 aliphatic carbocycles. The third-order valence-corrected chi connectivity index (χ3v) is 10.2. The van der Waals surface area contributed by atoms with Crippen LogP contribution in [0.5, 0.6) is 0 Å². The summed E-state index contributed by atoms with van der Waals surface area (Å²) in [4.78, 5) is 4.45. The molecule has 1 aromatic heterocycles. The van der Waals surface area contributed by atoms with E-state index < -0.39 is 37.4 Å². The number of hydrogen-bond donors (Lipinski definition) is 0. The summed E-state index contributed by atoms with van der Waals surface area (Å²) in [6.45, 7) is -3.02. The largest absolute Gasteiger partial charge is 0.296 e. The lowest BCUT2D eigenvalue weighted by Crippen LogP contribution is -2.00. The normalized spacial score (nSPS) is 16.3. The van der Waals surface area contributed by atoms with Crippen LogP contribution >= 0.6 is 0 Å². The highest BCUT2D eigenvalue weighted by Gasteiger charge is 2.24. The third-order valence-electron chi connectivity index (χ3n) is 10.2. The Hall–Kier alpha value is -6.51. The van der Waals surface area contributed by atoms with Crippen LogP contribution in [-0.2, 0) is 6.37 Å². The van der Waals surface area contributed by atoms with E-state index in [1.807, 2.05) is 42.5 Å². The van der Waals surface area contributed by atoms with Gasteiger partial charge < -0.3 is 0 Å². The minimum Gasteiger partial charge on any atom is -0.296 e. The van der Waals surface area contributed by atoms with Crippen molar-refractivity contribution in [1.82, 2.24) is 9.55 Å². The van der Waals surface area contributed by atoms with Gasteiger partial charge in [-0.3, -0.25) is 4.57 Å². The van der Waals surface area contributed by atoms with Crippen LogP contribution in [0.2, 0.25) is 0 Å². The van der Waals surface area contributed by atoms with E-state index in [1.165, 1.54) is 4.57 Å². The highest BCUT2D eigenvalue weighted by Crippen LogP contribution is 2.51. The quantitative estimate of drug-likeness (QED) is 0.172. The molecule has 11 rings (SSSR count). The van der Waals surface area contributed by atoms with Crippen LogP contribution < -0.4 is 0 Å². The molecule has 0 amide bonds. The molecule has 1 heterocycles. The zero-order valence-electron chi connectivity index (χ0n) is 39.9. The predicted octanol–water partition coefficient (Wildman–Crippen LogP) is 13.2. The van der Waals surface area contributed by atoms with Gasteiger partial charge in [0.05, 0.1) is 22.0 Å². The van der Waals surface area contributed by atoms with Crippen molar-refractivity contribution >= 4 is 54.1 Å². The Morgan fingerprint density at radius 3 is 1.96 bits per heavy atom. The fraction of sp³-hybridized carbons (Fsp3) is 0.0408. The predicted molar refractivity (Wildman–Crippen MR) is 216 cm³/mol. The van der Waals surface area contributed by atoms with Crippen molar-refractivity contribution < 1.29 is 17.8 Å². The van der Waals surface area contributed by atoms with Gasteiger partial charge in [0.1, 0.15) is 5.82 Å². The molecule has 0 N–H and O–H groups in total. The van der Waals surface area contributed by atoms with Crippen molar-refractivity contribution in [3.63, 3.8) is 0 Å². The Balaban J connectivity index is 1.22. The molecule has 0 saturated heterocycles. The summed E-state index contributed by atoms with van der Waals surface area (Å²) in [5.74, 6) is -0.282. The first kappa shape index (κ1) is 18.5. The first-order valence-electron chi connectivity index (χ1n) is 23.2. The van der Waals surface area contributed by atoms with E-state index in [2.05, 4.69) is 17.1 Å². The van der Waals surface area contributed by atoms with E-state index in [4.69, 9.17) is 12.3 Å². The second-order valence-corrected chi connectivity index (χ2v) is 12.8. The van der Waals surface area contributed by atoms with Gasteiger partial charge in [0, 0.05) is 18.9 Å². The summed E-state index contributed by atoms with van der Waals surface area (Å²) in [7, 11) is 0. The molecule has 238 valence electrons. The van der Waals surface area contributed by atoms with Crippen LogP contribution in [0.25, 0.3) is 104 Å². The SMILES string of the molecule is [2H]c1c([2H])c([2H])c2c(-c3ccc4c5c(cccc35)-c3ccccc3-4)c3c([2H])c([2H])c([2H])c([2H])c3c(-c3ccc4cc(-n5c(C([2H])([2H])C([2H])([2H])[2H])nc6ccccc65)ccc4c3)c2c1[2H]. The molecule has 0 unspecified atom stereocenters. The molecule has 0 saturated carbocycles. The summed E-state index contributed by atoms with van der Waals surface area (Å²) in [5.41, 5.74) is 6.94. The zero-order chi connectivity index (χ0) is 44.9. The maximum Gasteiger partial charge on any atom is 0.114 e. The Morgan fingerprint density at radius 2 is 1.20 bits per heavy atom. The summed E-state index contributed by atoms with van der Waals surface area (Å²) < 4.78 is 117. The van der Waals surface area contributed by atoms with Crippen molar-refractivity contribution in [2.75, 3.05) is 0 Å². The number of aromatic nitrogens is 2. The number of imidazole rings is 1. The second-order valence-electron chi connectivity index (χ2n) is 12.8. The van der Waals surface area contributed by atoms with E-state index in [1.54, 1.807) is 60.7 Å². The summed E-state index contributed by atoms with van der Waals surface area (Å²) in [5, 5.41) is 3.44. The molecular weight excluding hydrogens is 617 g/mol. The highest BCUT2D eigenvalue weighted by atomic mass is 15.1. The molecule has 9 aromatic carbocycles. The van der Waals surface area contributed by atoms with Gasteiger partial charge in [-0.2, -0.15) is 0 Å². The van der Waals surface area contributed by atoms with Crippen molar-refractivity contribution in [3.8, 4) is 50.2 Å². The van der Waals surface area contributed by atoms with Crippen LogP contribution in [0.4, 0.5) is 0 Å². The Kier molecular flexibility index (Phi) is 3.89. The molecule has 0 spiro atoms. The van der Waals surface area contributed by atoms with Gasteiger partial charge in [-0.05, 0) is 118 Å². The molecule has 0 atom stereocenters. The maximum atomic E-state index is 9.51. The van der Waals surface area contributed by atoms with Crippen molar-refractivity contribution in [1.29, 1.82) is 0 Å². The number of rotatable bonds is 4. The number of nitrogens with zero attached hydrogens (tertiary/aromatic N) is 2. The number of fused-ring (bicyclic) bond motifs is 7. The van der Waals surface area contributed by atoms with Crippen molar-refractivity contribution in [2.24, 2.45) is 0 Å². The van der Waals surface area contributed by atoms with E-state index >= 15 is 0 Å². The van der Waals surface area contributed by atoms with Crippen LogP contribution in [0, 0.1) is 0 Å². The number of aryl methyl sites for hydroxylation is 1. The summed E-state index contributed by atoms with van der Waals surface area (Å²) in [6, 6.07) is 31.9. The van der Waals surface area contributed by atoms with Crippen LogP contribution in [0.15, 0.2) is 164 Å². The van der Waals surface area contributed by atoms with Gasteiger partial charge in [0.2, 0.25) is 0 Å². The van der Waals surface area contributed by atoms with E-state index in [9.17, 15) is 5.48 Å². The monoisotopic (exact) mass is 661 g/mol. The topological polar surface area (TPSA) is 17.8 Å². The summed E-state index contributed by atoms with van der Waals surface area (Å²) in [6.07, 6.45) is -2.81. The zero-order valence-corrected chi connectivity index (χ0v) is 26.9. The van der Waals surface area contributed by atoms with Gasteiger partial charge >= 0.3 is 0 Å². The fourth-order valence-electron chi connectivity index (χ4n) is 8.11. The molecule has 0 bridgehead atoms. The van der Waals surface area contributed by atoms with E-state index in [0.29, 0.717) is 38.6 Å². The lowest BCUT2D eigenvalue weighted by atomic mass is 9.84. The first-order chi connectivity index (χ1) is 30.5. The number of benzene rings is 9. The maximum absolute atomic E-state index is 9.51. The lowest BCUT2D eigenvalue weighted by molar-refractivity contribution is 0.909. The standard InChI is InChI=1S/C49H32N2/c1-2-46-50-44-20-9-10-21-45(44)51(46)33-25-24-30-28-32(23-22-31(30)29-33)47-37-14-5-7-16-39(37)49(40-17-8-6-15-38(40)47)43-27-26-42-35-13-4-3-12-34(35)36-18-11-19-41(43)48(36)42/h3-29H,2H2,1H3/i1D3,2D2,5D,6D,7D,8D,14D,15D,16D,17D. The number of para-hydroxylation sites is 2. The van der Waals surface area contributed by atoms with Gasteiger partial charge in [0.25, 0.3) is 0 Å². The molecule has 2 nitrogen and oxygen atoms in total. The molecule has 0 radical (unpaired) electrons. The van der Waals surface area contributed by atoms with Gasteiger partial charge in [-0.25, -0.2) is 4.98 Å². The molecule has 0 fully saturated rings. The molecule has 0 aliphatic heterocycles. The molecule has 2 heteroatoms. The van der Waals surface area contributed by atoms with Gasteiger partial charge in [-0.15, -0.1) is 0 Å². The van der Waals surface area contributed by atoms with Gasteiger partial charge in [-0.1, -0.05) is 140 Å². The minimum absolute atomic E-state index is 0.0995. The van der Waals surface area contributed by atoms with Crippen molar-refractivity contribution in [2.45, 2.75) is 13.2 Å². The van der Waals surface area contributed by atoms with Crippen LogP contribution in [-0.4, -0.2) is 9.55 Å². The van der Waals surface area contributed by atoms with Gasteiger partial charge in [0.15, 0.2) is 0 Å². The molecule has 51 heavy (non-hydrogen) atoms. The lowest BCUT2D eigenvalue weighted by Gasteiger charge is -2.19. The average Bonchev–Trinajstić information content (AvgIpc) is 3.85. The summed E-state index contributed by atoms with van der Waals surface area (Å²) >= 11 is 0. The third kappa shape index (κ3) is 4.02. The highest BCUT2D eigenvalue weighted by molar-refractivity contribution is 6.26. The second kappa shape index (κ2) is 10.7. The fourth-order valence-corrected chi connectivity index (χ4v) is 8.11. The molecule has 1 aliphatic rings. The average molecular weight is 662 g/mol. The smallest absolute Gasteiger partial charge is 0.114 e. The van der Waals surface area contributed by atoms with E-state index in [0.717, 1.165) is 33.0 Å². The first-order valence-corrected chi connectivity index (χ1v) is 16.7. The Labute approximate surface area is 314 Å². The van der Waals surface area contributed by atoms with E-state index in [-0.39, 0.29) is 62.7 Å².